The van der Waals surface area contributed by atoms with Gasteiger partial charge in [0.25, 0.3) is 0 Å². The second-order valence-electron chi connectivity index (χ2n) is 2.69. The van der Waals surface area contributed by atoms with E-state index in [1.165, 1.54) is 12.1 Å². The molecule has 0 spiro atoms. The van der Waals surface area contributed by atoms with Crippen molar-refractivity contribution in [2.24, 2.45) is 0 Å². The van der Waals surface area contributed by atoms with Crippen LogP contribution in [0.5, 0.6) is 0 Å². The molecule has 0 aliphatic rings. The fourth-order valence-electron chi connectivity index (χ4n) is 1.05. The van der Waals surface area contributed by atoms with E-state index in [1.54, 1.807) is 0 Å². The second kappa shape index (κ2) is 3.48. The van der Waals surface area contributed by atoms with Crippen molar-refractivity contribution < 1.29 is 14.2 Å². The molecule has 1 aromatic carbocycles. The van der Waals surface area contributed by atoms with Gasteiger partial charge in [-0.2, -0.15) is 0 Å². The van der Waals surface area contributed by atoms with Gasteiger partial charge in [-0.25, -0.2) is 0 Å². The van der Waals surface area contributed by atoms with Crippen LogP contribution in [0, 0.1) is 20.2 Å². The molecule has 0 aliphatic heterocycles. The number of alkyl halides is 1. The summed E-state index contributed by atoms with van der Waals surface area (Å²) in [5.41, 5.74) is 4.12. The minimum Gasteiger partial charge on any atom is -0.398 e. The lowest BCUT2D eigenvalue weighted by molar-refractivity contribution is -0.845. The van der Waals surface area contributed by atoms with Crippen LogP contribution in [0.4, 0.5) is 10.1 Å². The number of nitrogen functional groups attached to an aromatic ring is 1. The molecular weight excluding hydrogens is 209 g/mol. The maximum Gasteiger partial charge on any atom is 0.644 e. The molecule has 7 nitrogen and oxygen atoms in total. The summed E-state index contributed by atoms with van der Waals surface area (Å²) in [5, 5.41) is 20.7. The van der Waals surface area contributed by atoms with Crippen molar-refractivity contribution in [2.45, 2.75) is 5.92 Å². The van der Waals surface area contributed by atoms with Crippen molar-refractivity contribution in [3.8, 4) is 0 Å². The van der Waals surface area contributed by atoms with E-state index in [9.17, 15) is 24.6 Å². The number of para-hydroxylation sites is 1. The molecule has 0 bridgehead atoms. The van der Waals surface area contributed by atoms with Crippen LogP contribution in [0.3, 0.4) is 0 Å². The van der Waals surface area contributed by atoms with Crippen LogP contribution in [0.25, 0.3) is 0 Å². The van der Waals surface area contributed by atoms with Crippen molar-refractivity contribution in [3.63, 3.8) is 0 Å². The average Bonchev–Trinajstić information content (AvgIpc) is 2.16. The van der Waals surface area contributed by atoms with Crippen molar-refractivity contribution in [2.75, 3.05) is 5.73 Å². The molecule has 0 unspecified atom stereocenters. The molecule has 0 aromatic heterocycles. The normalized spacial score (nSPS) is 11.0. The summed E-state index contributed by atoms with van der Waals surface area (Å²) in [4.78, 5) is 17.4. The Morgan fingerprint density at radius 1 is 1.20 bits per heavy atom. The summed E-state index contributed by atoms with van der Waals surface area (Å²) in [7, 11) is 0. The molecule has 0 saturated carbocycles. The summed E-state index contributed by atoms with van der Waals surface area (Å²) in [6.07, 6.45) is 0. The number of nitro groups is 2. The molecule has 0 aliphatic carbocycles. The molecular formula is C7H6FN3O4. The van der Waals surface area contributed by atoms with Crippen molar-refractivity contribution >= 4 is 5.69 Å². The van der Waals surface area contributed by atoms with Gasteiger partial charge in [0, 0.05) is 0 Å². The zero-order chi connectivity index (χ0) is 11.6. The highest BCUT2D eigenvalue weighted by atomic mass is 19.2. The number of hydrogen-bond donors (Lipinski definition) is 1. The third-order valence-corrected chi connectivity index (χ3v) is 1.79. The van der Waals surface area contributed by atoms with Crippen LogP contribution in [-0.2, 0) is 5.92 Å². The Morgan fingerprint density at radius 2 is 1.67 bits per heavy atom. The molecule has 2 N–H and O–H groups in total. The Balaban J connectivity index is 3.41. The zero-order valence-electron chi connectivity index (χ0n) is 7.29. The lowest BCUT2D eigenvalue weighted by atomic mass is 10.1. The summed E-state index contributed by atoms with van der Waals surface area (Å²) in [6, 6.07) is 4.67. The molecule has 0 amide bonds. The fourth-order valence-corrected chi connectivity index (χ4v) is 1.05. The van der Waals surface area contributed by atoms with E-state index in [4.69, 9.17) is 5.73 Å². The van der Waals surface area contributed by atoms with Gasteiger partial charge in [-0.3, -0.25) is 20.2 Å². The molecule has 8 heteroatoms. The molecule has 0 radical (unpaired) electrons. The Labute approximate surface area is 82.6 Å². The molecule has 80 valence electrons. The minimum absolute atomic E-state index is 0.339. The van der Waals surface area contributed by atoms with Crippen LogP contribution < -0.4 is 5.73 Å². The quantitative estimate of drug-likeness (QED) is 0.264. The highest BCUT2D eigenvalue weighted by molar-refractivity contribution is 5.47. The number of nitrogens with two attached hydrogens (primary N) is 1. The Kier molecular flexibility index (Phi) is 2.51. The van der Waals surface area contributed by atoms with Crippen LogP contribution >= 0.6 is 0 Å². The molecule has 1 aromatic rings. The molecule has 15 heavy (non-hydrogen) atoms. The second-order valence-corrected chi connectivity index (χ2v) is 2.69. The van der Waals surface area contributed by atoms with Crippen LogP contribution in [0.2, 0.25) is 0 Å². The molecule has 1 rings (SSSR count). The van der Waals surface area contributed by atoms with Crippen LogP contribution in [0.1, 0.15) is 5.56 Å². The van der Waals surface area contributed by atoms with Crippen molar-refractivity contribution in [1.82, 2.24) is 0 Å². The first kappa shape index (κ1) is 10.8. The summed E-state index contributed by atoms with van der Waals surface area (Å²) >= 11 is 0. The van der Waals surface area contributed by atoms with E-state index in [2.05, 4.69) is 0 Å². The largest absolute Gasteiger partial charge is 0.644 e. The maximum absolute atomic E-state index is 13.6. The number of benzene rings is 1. The lowest BCUT2D eigenvalue weighted by Crippen LogP contribution is -2.39. The third-order valence-electron chi connectivity index (χ3n) is 1.79. The van der Waals surface area contributed by atoms with E-state index in [-0.39, 0.29) is 5.69 Å². The van der Waals surface area contributed by atoms with Gasteiger partial charge in [-0.1, -0.05) is 16.5 Å². The van der Waals surface area contributed by atoms with E-state index < -0.39 is 21.3 Å². The van der Waals surface area contributed by atoms with Gasteiger partial charge in [-0.15, -0.1) is 0 Å². The van der Waals surface area contributed by atoms with Gasteiger partial charge in [0.2, 0.25) is 0 Å². The van der Waals surface area contributed by atoms with Crippen LogP contribution in [-0.4, -0.2) is 9.85 Å². The van der Waals surface area contributed by atoms with Crippen molar-refractivity contribution in [1.29, 1.82) is 0 Å². The van der Waals surface area contributed by atoms with Gasteiger partial charge in [0.1, 0.15) is 9.85 Å². The van der Waals surface area contributed by atoms with E-state index >= 15 is 0 Å². The third kappa shape index (κ3) is 1.56. The smallest absolute Gasteiger partial charge is 0.398 e. The van der Waals surface area contributed by atoms with Gasteiger partial charge < -0.3 is 5.73 Å². The van der Waals surface area contributed by atoms with Gasteiger partial charge in [-0.05, 0) is 12.1 Å². The maximum atomic E-state index is 13.6. The topological polar surface area (TPSA) is 112 Å². The van der Waals surface area contributed by atoms with Gasteiger partial charge in [0.15, 0.2) is 5.56 Å². The van der Waals surface area contributed by atoms with E-state index in [0.717, 1.165) is 12.1 Å². The number of anilines is 1. The molecule has 0 heterocycles. The summed E-state index contributed by atoms with van der Waals surface area (Å²) in [5.74, 6) is -3.90. The first-order chi connectivity index (χ1) is 6.90. The number of hydrogen-bond acceptors (Lipinski definition) is 5. The highest BCUT2D eigenvalue weighted by Gasteiger charge is 2.61. The zero-order valence-corrected chi connectivity index (χ0v) is 7.29. The molecule has 0 fully saturated rings. The number of rotatable bonds is 3. The first-order valence-electron chi connectivity index (χ1n) is 3.73. The van der Waals surface area contributed by atoms with Gasteiger partial charge in [0.05, 0.1) is 5.69 Å². The monoisotopic (exact) mass is 215 g/mol. The first-order valence-corrected chi connectivity index (χ1v) is 3.73. The lowest BCUT2D eigenvalue weighted by Gasteiger charge is -2.09. The summed E-state index contributed by atoms with van der Waals surface area (Å²) in [6.45, 7) is 0. The Hall–Kier alpha value is -2.25. The molecule has 0 atom stereocenters. The van der Waals surface area contributed by atoms with E-state index in [1.807, 2.05) is 0 Å². The summed E-state index contributed by atoms with van der Waals surface area (Å²) < 4.78 is 13.6. The van der Waals surface area contributed by atoms with Crippen molar-refractivity contribution in [3.05, 3.63) is 50.1 Å². The van der Waals surface area contributed by atoms with Gasteiger partial charge >= 0.3 is 5.92 Å². The highest BCUT2D eigenvalue weighted by Crippen LogP contribution is 2.31. The number of nitrogens with zero attached hydrogens (tertiary/aromatic N) is 2. The van der Waals surface area contributed by atoms with E-state index in [0.29, 0.717) is 0 Å². The molecule has 0 saturated heterocycles. The fraction of sp³-hybridized carbons (Fsp3) is 0.143. The standard InChI is InChI=1S/C7H6FN3O4/c8-7(10(12)13,11(14)15)5-3-1-2-4-6(5)9/h1-4H,9H2. The SMILES string of the molecule is Nc1ccccc1C(F)([N+](=O)[O-])[N+](=O)[O-]. The van der Waals surface area contributed by atoms with Crippen LogP contribution in [0.15, 0.2) is 24.3 Å². The Morgan fingerprint density at radius 3 is 2.07 bits per heavy atom. The predicted molar refractivity (Wildman–Crippen MR) is 47.6 cm³/mol. The minimum atomic E-state index is -3.90. The number of halogens is 1. The Bertz CT molecular complexity index is 408. The average molecular weight is 215 g/mol. The predicted octanol–water partition coefficient (Wildman–Crippen LogP) is 0.902.